The van der Waals surface area contributed by atoms with Crippen LogP contribution < -0.4 is 10.6 Å². The second-order valence-corrected chi connectivity index (χ2v) is 11.4. The molecule has 2 fully saturated rings. The number of nitrogens with one attached hydrogen (secondary N) is 2. The molecule has 0 aromatic carbocycles. The van der Waals surface area contributed by atoms with E-state index in [2.05, 4.69) is 10.6 Å². The number of amides is 2. The predicted molar refractivity (Wildman–Crippen MR) is 114 cm³/mol. The number of hydrogen-bond donors (Lipinski definition) is 2. The van der Waals surface area contributed by atoms with Crippen LogP contribution in [0.25, 0.3) is 0 Å². The molecule has 0 aromatic heterocycles. The van der Waals surface area contributed by atoms with Crippen molar-refractivity contribution in [2.75, 3.05) is 0 Å². The van der Waals surface area contributed by atoms with Crippen LogP contribution in [-0.4, -0.2) is 56.2 Å². The molecule has 8 heteroatoms. The van der Waals surface area contributed by atoms with Crippen LogP contribution in [-0.2, 0) is 9.59 Å². The van der Waals surface area contributed by atoms with E-state index in [4.69, 9.17) is 0 Å². The molecule has 2 N–H and O–H groups in total. The Labute approximate surface area is 174 Å². The van der Waals surface area contributed by atoms with Crippen LogP contribution in [0, 0.1) is 10.4 Å². The van der Waals surface area contributed by atoms with Crippen molar-refractivity contribution in [1.29, 1.82) is 0 Å². The van der Waals surface area contributed by atoms with Gasteiger partial charge in [-0.1, -0.05) is 0 Å². The first-order valence-electron chi connectivity index (χ1n) is 10.5. The first-order chi connectivity index (χ1) is 13.0. The van der Waals surface area contributed by atoms with Gasteiger partial charge in [-0.25, -0.2) is 0 Å². The molecule has 168 valence electrons. The number of hydroxylamine groups is 4. The molecule has 0 aromatic rings. The van der Waals surface area contributed by atoms with E-state index in [1.54, 1.807) is 0 Å². The highest BCUT2D eigenvalue weighted by molar-refractivity contribution is 5.97. The minimum atomic E-state index is -0.578. The zero-order valence-corrected chi connectivity index (χ0v) is 19.2. The number of hydrogen-bond acceptors (Lipinski definition) is 6. The molecule has 0 radical (unpaired) electrons. The van der Waals surface area contributed by atoms with Gasteiger partial charge in [0.15, 0.2) is 0 Å². The van der Waals surface area contributed by atoms with Gasteiger partial charge in [-0.05, 0) is 81.1 Å². The van der Waals surface area contributed by atoms with E-state index in [1.165, 1.54) is 0 Å². The molecule has 0 spiro atoms. The molecule has 2 saturated heterocycles. The average Bonchev–Trinajstić information content (AvgIpc) is 2.48. The highest BCUT2D eigenvalue weighted by Gasteiger charge is 2.42. The molecule has 0 aliphatic carbocycles. The third-order valence-corrected chi connectivity index (χ3v) is 6.23. The van der Waals surface area contributed by atoms with E-state index < -0.39 is 22.2 Å². The van der Waals surface area contributed by atoms with Gasteiger partial charge in [0.25, 0.3) is 0 Å². The molecule has 0 unspecified atom stereocenters. The monoisotopic (exact) mass is 410 g/mol. The molecule has 2 rings (SSSR count). The maximum Gasteiger partial charge on any atom is 0.229 e. The summed E-state index contributed by atoms with van der Waals surface area (Å²) < 4.78 is 0. The van der Waals surface area contributed by atoms with Crippen molar-refractivity contribution in [2.45, 2.75) is 122 Å². The van der Waals surface area contributed by atoms with E-state index in [9.17, 15) is 20.0 Å². The Morgan fingerprint density at radius 3 is 1.17 bits per heavy atom. The summed E-state index contributed by atoms with van der Waals surface area (Å²) in [6, 6.07) is -0.292. The summed E-state index contributed by atoms with van der Waals surface area (Å²) in [4.78, 5) is 24.9. The van der Waals surface area contributed by atoms with E-state index in [0.717, 1.165) is 10.1 Å². The summed E-state index contributed by atoms with van der Waals surface area (Å²) in [7, 11) is 0. The average molecular weight is 411 g/mol. The molecule has 2 aliphatic heterocycles. The van der Waals surface area contributed by atoms with Crippen molar-refractivity contribution in [3.05, 3.63) is 10.4 Å². The number of piperidine rings is 2. The van der Waals surface area contributed by atoms with Crippen molar-refractivity contribution in [2.24, 2.45) is 0 Å². The molecule has 0 atom stereocenters. The van der Waals surface area contributed by atoms with Crippen LogP contribution >= 0.6 is 0 Å². The van der Waals surface area contributed by atoms with E-state index in [-0.39, 0.29) is 30.3 Å². The van der Waals surface area contributed by atoms with Gasteiger partial charge in [0.2, 0.25) is 11.8 Å². The van der Waals surface area contributed by atoms with Gasteiger partial charge in [0, 0.05) is 34.2 Å². The summed E-state index contributed by atoms with van der Waals surface area (Å²) >= 11 is 0. The first kappa shape index (κ1) is 24.1. The molecule has 2 amide bonds. The fourth-order valence-corrected chi connectivity index (χ4v) is 5.43. The second-order valence-electron chi connectivity index (χ2n) is 11.4. The lowest BCUT2D eigenvalue weighted by Crippen LogP contribution is -2.62. The highest BCUT2D eigenvalue weighted by atomic mass is 16.5. The Morgan fingerprint density at radius 1 is 0.690 bits per heavy atom. The Balaban J connectivity index is 1.91. The van der Waals surface area contributed by atoms with Crippen molar-refractivity contribution in [3.63, 3.8) is 0 Å². The summed E-state index contributed by atoms with van der Waals surface area (Å²) in [6.07, 6.45) is 1.90. The highest BCUT2D eigenvalue weighted by Crippen LogP contribution is 2.38. The third kappa shape index (κ3) is 5.48. The zero-order chi connectivity index (χ0) is 22.4. The van der Waals surface area contributed by atoms with Crippen LogP contribution in [0.4, 0.5) is 0 Å². The molecule has 0 saturated carbocycles. The zero-order valence-electron chi connectivity index (χ0n) is 19.2. The van der Waals surface area contributed by atoms with Crippen LogP contribution in [0.2, 0.25) is 0 Å². The molecule has 0 bridgehead atoms. The lowest BCUT2D eigenvalue weighted by Gasteiger charge is -2.60. The van der Waals surface area contributed by atoms with Crippen LogP contribution in [0.5, 0.6) is 0 Å². The second kappa shape index (κ2) is 7.80. The lowest BCUT2D eigenvalue weighted by atomic mass is 9.79. The van der Waals surface area contributed by atoms with Gasteiger partial charge >= 0.3 is 0 Å². The van der Waals surface area contributed by atoms with Gasteiger partial charge in [-0.2, -0.15) is 0 Å². The van der Waals surface area contributed by atoms with Gasteiger partial charge in [-0.15, -0.1) is 0 Å². The van der Waals surface area contributed by atoms with Gasteiger partial charge in [-0.3, -0.25) is 9.59 Å². The number of carbonyl (C=O) groups is 2. The summed E-state index contributed by atoms with van der Waals surface area (Å²) in [5.74, 6) is -0.670. The van der Waals surface area contributed by atoms with Crippen molar-refractivity contribution in [3.8, 4) is 0 Å². The quantitative estimate of drug-likeness (QED) is 0.689. The molecule has 2 aliphatic rings. The predicted octanol–water partition coefficient (Wildman–Crippen LogP) is 2.65. The van der Waals surface area contributed by atoms with E-state index >= 15 is 0 Å². The van der Waals surface area contributed by atoms with Gasteiger partial charge < -0.3 is 31.2 Å². The van der Waals surface area contributed by atoms with E-state index in [0.29, 0.717) is 25.7 Å². The normalized spacial score (nSPS) is 27.4. The molecule has 2 heterocycles. The summed E-state index contributed by atoms with van der Waals surface area (Å²) in [5.41, 5.74) is -2.31. The Kier molecular flexibility index (Phi) is 6.47. The number of nitrogens with zero attached hydrogens (tertiary/aromatic N) is 2. The minimum absolute atomic E-state index is 0.146. The largest absolute Gasteiger partial charge is 0.784 e. The fraction of sp³-hybridized carbons (Fsp3) is 0.905. The standard InChI is InChI=1S/C21H38N4O4/c1-18(2)10-14(11-19(3,4)24(18)28)22-16(26)9-17(27)23-15-12-20(5,6)25(29)21(7,8)13-15/h14-15H,9-13H2,1-8H3,(H,22,26)(H,23,27)/q-2. The molecular weight excluding hydrogens is 372 g/mol. The van der Waals surface area contributed by atoms with Crippen molar-refractivity contribution >= 4 is 11.8 Å². The first-order valence-corrected chi connectivity index (χ1v) is 10.5. The Bertz CT molecular complexity index is 555. The van der Waals surface area contributed by atoms with Gasteiger partial charge in [0.1, 0.15) is 6.42 Å². The van der Waals surface area contributed by atoms with Crippen LogP contribution in [0.15, 0.2) is 0 Å². The summed E-state index contributed by atoms with van der Waals surface area (Å²) in [5, 5.41) is 33.0. The number of carbonyl (C=O) groups excluding carboxylic acids is 2. The Morgan fingerprint density at radius 2 is 0.931 bits per heavy atom. The maximum atomic E-state index is 12.5. The topological polar surface area (TPSA) is 111 Å². The third-order valence-electron chi connectivity index (χ3n) is 6.23. The number of rotatable bonds is 4. The SMILES string of the molecule is CC1(C)CC(NC(=O)CC(=O)NC2CC(C)(C)N([O-])C(C)(C)C2)CC(C)(C)N1[O-]. The summed E-state index contributed by atoms with van der Waals surface area (Å²) in [6.45, 7) is 15.0. The molecular formula is C21H38N4O4-2. The van der Waals surface area contributed by atoms with Crippen molar-refractivity contribution in [1.82, 2.24) is 20.8 Å². The maximum absolute atomic E-state index is 12.5. The minimum Gasteiger partial charge on any atom is -0.784 e. The molecule has 8 nitrogen and oxygen atoms in total. The van der Waals surface area contributed by atoms with Crippen LogP contribution in [0.3, 0.4) is 0 Å². The molecule has 29 heavy (non-hydrogen) atoms. The lowest BCUT2D eigenvalue weighted by molar-refractivity contribution is -0.131. The van der Waals surface area contributed by atoms with Crippen LogP contribution in [0.1, 0.15) is 87.5 Å². The Hall–Kier alpha value is -1.22. The van der Waals surface area contributed by atoms with Crippen molar-refractivity contribution < 1.29 is 9.59 Å². The smallest absolute Gasteiger partial charge is 0.229 e. The van der Waals surface area contributed by atoms with E-state index in [1.807, 2.05) is 55.4 Å². The van der Waals surface area contributed by atoms with Gasteiger partial charge in [0.05, 0.1) is 0 Å². The fourth-order valence-electron chi connectivity index (χ4n) is 5.43.